The summed E-state index contributed by atoms with van der Waals surface area (Å²) in [6.07, 6.45) is 4.85. The molecule has 1 aliphatic rings. The summed E-state index contributed by atoms with van der Waals surface area (Å²) in [5, 5.41) is 0. The zero-order chi connectivity index (χ0) is 7.40. The zero-order valence-electron chi connectivity index (χ0n) is 6.38. The second kappa shape index (κ2) is 4.21. The minimum absolute atomic E-state index is 0.290. The Balaban J connectivity index is 2.13. The van der Waals surface area contributed by atoms with Crippen molar-refractivity contribution in [2.24, 2.45) is 5.73 Å². The van der Waals surface area contributed by atoms with Crippen LogP contribution >= 0.6 is 11.8 Å². The lowest BCUT2D eigenvalue weighted by Gasteiger charge is -2.25. The molecule has 10 heavy (non-hydrogen) atoms. The van der Waals surface area contributed by atoms with Crippen LogP contribution in [0.4, 0.5) is 0 Å². The van der Waals surface area contributed by atoms with Crippen molar-refractivity contribution in [3.63, 3.8) is 0 Å². The third-order valence-corrected chi connectivity index (χ3v) is 2.46. The molecule has 2 atom stereocenters. The molecular weight excluding hydrogens is 146 g/mol. The second-order valence-corrected chi connectivity index (χ2v) is 3.66. The van der Waals surface area contributed by atoms with E-state index in [-0.39, 0.29) is 6.04 Å². The molecule has 1 rings (SSSR count). The summed E-state index contributed by atoms with van der Waals surface area (Å²) < 4.78 is 5.48. The molecule has 0 aliphatic carbocycles. The maximum absolute atomic E-state index is 5.66. The predicted octanol–water partition coefficient (Wildman–Crippen LogP) is 0.856. The molecule has 0 spiro atoms. The van der Waals surface area contributed by atoms with E-state index in [9.17, 15) is 0 Å². The van der Waals surface area contributed by atoms with E-state index in [2.05, 4.69) is 6.26 Å². The van der Waals surface area contributed by atoms with Crippen molar-refractivity contribution in [1.29, 1.82) is 0 Å². The quantitative estimate of drug-likeness (QED) is 0.652. The highest BCUT2D eigenvalue weighted by atomic mass is 32.2. The average Bonchev–Trinajstić information content (AvgIpc) is 1.95. The van der Waals surface area contributed by atoms with E-state index in [1.807, 2.05) is 11.8 Å². The molecule has 1 aliphatic heterocycles. The summed E-state index contributed by atoms with van der Waals surface area (Å²) in [6, 6.07) is 0.290. The molecule has 0 bridgehead atoms. The van der Waals surface area contributed by atoms with Gasteiger partial charge in [-0.15, -0.1) is 0 Å². The van der Waals surface area contributed by atoms with Gasteiger partial charge in [0.2, 0.25) is 0 Å². The van der Waals surface area contributed by atoms with Gasteiger partial charge >= 0.3 is 0 Å². The van der Waals surface area contributed by atoms with Gasteiger partial charge in [-0.1, -0.05) is 0 Å². The maximum Gasteiger partial charge on any atom is 0.0666 e. The molecule has 0 aromatic rings. The summed E-state index contributed by atoms with van der Waals surface area (Å²) in [4.78, 5) is 0. The van der Waals surface area contributed by atoms with E-state index in [1.54, 1.807) is 0 Å². The zero-order valence-corrected chi connectivity index (χ0v) is 7.19. The lowest BCUT2D eigenvalue weighted by Crippen LogP contribution is -2.36. The van der Waals surface area contributed by atoms with Gasteiger partial charge in [0.25, 0.3) is 0 Å². The van der Waals surface area contributed by atoms with Crippen molar-refractivity contribution in [2.75, 3.05) is 18.6 Å². The van der Waals surface area contributed by atoms with Crippen molar-refractivity contribution in [3.05, 3.63) is 0 Å². The average molecular weight is 161 g/mol. The first-order chi connectivity index (χ1) is 4.83. The highest BCUT2D eigenvalue weighted by Crippen LogP contribution is 2.14. The minimum Gasteiger partial charge on any atom is -0.376 e. The molecule has 0 amide bonds. The van der Waals surface area contributed by atoms with E-state index in [4.69, 9.17) is 10.5 Å². The van der Waals surface area contributed by atoms with Gasteiger partial charge in [0, 0.05) is 11.8 Å². The van der Waals surface area contributed by atoms with Gasteiger partial charge < -0.3 is 10.5 Å². The third-order valence-electron chi connectivity index (χ3n) is 1.76. The lowest BCUT2D eigenvalue weighted by molar-refractivity contribution is 0.0201. The Labute approximate surface area is 66.5 Å². The molecule has 0 aromatic heterocycles. The van der Waals surface area contributed by atoms with E-state index >= 15 is 0 Å². The lowest BCUT2D eigenvalue weighted by atomic mass is 10.1. The van der Waals surface area contributed by atoms with Crippen LogP contribution in [0, 0.1) is 0 Å². The van der Waals surface area contributed by atoms with Gasteiger partial charge in [0.15, 0.2) is 0 Å². The van der Waals surface area contributed by atoms with E-state index < -0.39 is 0 Å². The van der Waals surface area contributed by atoms with Crippen molar-refractivity contribution in [2.45, 2.75) is 25.0 Å². The molecule has 0 saturated carbocycles. The fourth-order valence-electron chi connectivity index (χ4n) is 1.14. The van der Waals surface area contributed by atoms with E-state index in [0.29, 0.717) is 6.10 Å². The van der Waals surface area contributed by atoms with Gasteiger partial charge in [0.1, 0.15) is 0 Å². The Bertz CT molecular complexity index is 91.6. The Hall–Kier alpha value is 0.270. The molecule has 2 nitrogen and oxygen atoms in total. The minimum atomic E-state index is 0.290. The Morgan fingerprint density at radius 1 is 1.60 bits per heavy atom. The van der Waals surface area contributed by atoms with Crippen LogP contribution in [-0.2, 0) is 4.74 Å². The summed E-state index contributed by atoms with van der Waals surface area (Å²) in [5.41, 5.74) is 5.66. The van der Waals surface area contributed by atoms with Gasteiger partial charge in [-0.2, -0.15) is 11.8 Å². The number of thioether (sulfide) groups is 1. The second-order valence-electron chi connectivity index (χ2n) is 2.75. The fourth-order valence-corrected chi connectivity index (χ4v) is 1.78. The molecule has 0 unspecified atom stereocenters. The predicted molar refractivity (Wildman–Crippen MR) is 45.3 cm³/mol. The van der Waals surface area contributed by atoms with Crippen molar-refractivity contribution >= 4 is 11.8 Å². The normalized spacial score (nSPS) is 34.2. The van der Waals surface area contributed by atoms with Crippen molar-refractivity contribution in [3.8, 4) is 0 Å². The summed E-state index contributed by atoms with van der Waals surface area (Å²) in [6.45, 7) is 0.755. The Morgan fingerprint density at radius 2 is 2.40 bits per heavy atom. The van der Waals surface area contributed by atoms with E-state index in [0.717, 1.165) is 25.2 Å². The van der Waals surface area contributed by atoms with Crippen molar-refractivity contribution in [1.82, 2.24) is 0 Å². The van der Waals surface area contributed by atoms with Gasteiger partial charge in [0.05, 0.1) is 12.7 Å². The molecule has 60 valence electrons. The first kappa shape index (κ1) is 8.37. The number of hydrogen-bond acceptors (Lipinski definition) is 3. The van der Waals surface area contributed by atoms with Crippen LogP contribution in [0.5, 0.6) is 0 Å². The molecule has 0 radical (unpaired) electrons. The van der Waals surface area contributed by atoms with Crippen LogP contribution in [-0.4, -0.2) is 30.8 Å². The molecule has 1 fully saturated rings. The molecule has 2 N–H and O–H groups in total. The third kappa shape index (κ3) is 2.48. The van der Waals surface area contributed by atoms with Crippen LogP contribution in [0.2, 0.25) is 0 Å². The number of ether oxygens (including phenoxy) is 1. The summed E-state index contributed by atoms with van der Waals surface area (Å²) in [5.74, 6) is 1.12. The molecule has 3 heteroatoms. The molecular formula is C7H15NOS. The summed E-state index contributed by atoms with van der Waals surface area (Å²) >= 11 is 1.84. The topological polar surface area (TPSA) is 35.2 Å². The molecule has 1 heterocycles. The Kier molecular flexibility index (Phi) is 3.52. The smallest absolute Gasteiger partial charge is 0.0666 e. The molecule has 0 aromatic carbocycles. The van der Waals surface area contributed by atoms with Gasteiger partial charge in [-0.25, -0.2) is 0 Å². The number of rotatable bonds is 2. The van der Waals surface area contributed by atoms with E-state index in [1.165, 1.54) is 0 Å². The van der Waals surface area contributed by atoms with Crippen molar-refractivity contribution < 1.29 is 4.74 Å². The van der Waals surface area contributed by atoms with Crippen LogP contribution in [0.25, 0.3) is 0 Å². The number of nitrogens with two attached hydrogens (primary N) is 1. The van der Waals surface area contributed by atoms with Crippen LogP contribution in [0.1, 0.15) is 12.8 Å². The maximum atomic E-state index is 5.66. The first-order valence-electron chi connectivity index (χ1n) is 3.69. The fraction of sp³-hybridized carbons (Fsp3) is 1.00. The standard InChI is InChI=1S/C7H15NOS/c1-10-5-7-3-2-6(8)4-9-7/h6-7H,2-5,8H2,1H3/t6-,7+/m1/s1. The SMILES string of the molecule is CSC[C@@H]1CC[C@@H](N)CO1. The monoisotopic (exact) mass is 161 g/mol. The van der Waals surface area contributed by atoms with Crippen LogP contribution < -0.4 is 5.73 Å². The van der Waals surface area contributed by atoms with Gasteiger partial charge in [-0.05, 0) is 19.1 Å². The number of hydrogen-bond donors (Lipinski definition) is 1. The largest absolute Gasteiger partial charge is 0.376 e. The summed E-state index contributed by atoms with van der Waals surface area (Å²) in [7, 11) is 0. The highest BCUT2D eigenvalue weighted by molar-refractivity contribution is 7.98. The Morgan fingerprint density at radius 3 is 2.90 bits per heavy atom. The van der Waals surface area contributed by atoms with Crippen LogP contribution in [0.15, 0.2) is 0 Å². The van der Waals surface area contributed by atoms with Gasteiger partial charge in [-0.3, -0.25) is 0 Å². The van der Waals surface area contributed by atoms with Crippen LogP contribution in [0.3, 0.4) is 0 Å². The first-order valence-corrected chi connectivity index (χ1v) is 5.08. The molecule has 1 saturated heterocycles. The highest BCUT2D eigenvalue weighted by Gasteiger charge is 2.17.